The Morgan fingerprint density at radius 3 is 2.59 bits per heavy atom. The highest BCUT2D eigenvalue weighted by molar-refractivity contribution is 5.84. The summed E-state index contributed by atoms with van der Waals surface area (Å²) in [6, 6.07) is 8.48. The first kappa shape index (κ1) is 16.5. The van der Waals surface area contributed by atoms with Crippen LogP contribution >= 0.6 is 0 Å². The summed E-state index contributed by atoms with van der Waals surface area (Å²) in [5.41, 5.74) is 2.44. The molecule has 0 radical (unpaired) electrons. The van der Waals surface area contributed by atoms with Crippen LogP contribution in [0.25, 0.3) is 0 Å². The van der Waals surface area contributed by atoms with E-state index in [-0.39, 0.29) is 24.4 Å². The fraction of sp³-hybridized carbons (Fsp3) is 0.529. The minimum atomic E-state index is -0.0904. The van der Waals surface area contributed by atoms with Gasteiger partial charge in [-0.05, 0) is 17.5 Å². The molecule has 1 aromatic carbocycles. The van der Waals surface area contributed by atoms with Crippen molar-refractivity contribution in [3.8, 4) is 0 Å². The molecule has 0 aliphatic carbocycles. The quantitative estimate of drug-likeness (QED) is 0.909. The van der Waals surface area contributed by atoms with Gasteiger partial charge >= 0.3 is 0 Å². The number of aryl methyl sites for hydroxylation is 1. The lowest BCUT2D eigenvalue weighted by atomic mass is 10.0. The predicted octanol–water partition coefficient (Wildman–Crippen LogP) is 1.20. The third-order valence-electron chi connectivity index (χ3n) is 4.25. The van der Waals surface area contributed by atoms with Crippen LogP contribution in [0.5, 0.6) is 0 Å². The molecule has 1 aliphatic rings. The van der Waals surface area contributed by atoms with Crippen molar-refractivity contribution >= 4 is 11.8 Å². The molecular formula is C17H25N3O2. The van der Waals surface area contributed by atoms with E-state index in [1.54, 1.807) is 7.05 Å². The van der Waals surface area contributed by atoms with Gasteiger partial charge < -0.3 is 15.1 Å². The lowest BCUT2D eigenvalue weighted by molar-refractivity contribution is -0.140. The summed E-state index contributed by atoms with van der Waals surface area (Å²) in [6.45, 7) is 5.96. The number of carbonyl (C=O) groups is 2. The van der Waals surface area contributed by atoms with Crippen molar-refractivity contribution in [2.75, 3.05) is 33.2 Å². The van der Waals surface area contributed by atoms with Crippen LogP contribution in [0.1, 0.15) is 31.0 Å². The maximum absolute atomic E-state index is 12.5. The van der Waals surface area contributed by atoms with E-state index in [1.165, 1.54) is 17.4 Å². The molecule has 1 aliphatic heterocycles. The minimum absolute atomic E-state index is 0.00349. The monoisotopic (exact) mass is 303 g/mol. The molecule has 1 N–H and O–H groups in total. The van der Waals surface area contributed by atoms with E-state index in [2.05, 4.69) is 36.5 Å². The average Bonchev–Trinajstić information content (AvgIpc) is 2.54. The molecule has 2 rings (SSSR count). The summed E-state index contributed by atoms with van der Waals surface area (Å²) in [5.74, 6) is -0.0869. The fourth-order valence-corrected chi connectivity index (χ4v) is 2.68. The topological polar surface area (TPSA) is 52.7 Å². The first-order valence-electron chi connectivity index (χ1n) is 7.83. The Bertz CT molecular complexity index is 527. The number of hydrogen-bond donors (Lipinski definition) is 1. The van der Waals surface area contributed by atoms with E-state index in [1.807, 2.05) is 4.90 Å². The molecule has 1 saturated heterocycles. The normalized spacial score (nSPS) is 18.1. The van der Waals surface area contributed by atoms with Gasteiger partial charge in [-0.1, -0.05) is 31.2 Å². The van der Waals surface area contributed by atoms with Crippen molar-refractivity contribution in [1.29, 1.82) is 0 Å². The van der Waals surface area contributed by atoms with Gasteiger partial charge in [0, 0.05) is 33.6 Å². The lowest BCUT2D eigenvalue weighted by Gasteiger charge is -2.37. The smallest absolute Gasteiger partial charge is 0.242 e. The number of piperazine rings is 1. The zero-order chi connectivity index (χ0) is 16.1. The Kier molecular flexibility index (Phi) is 5.55. The Morgan fingerprint density at radius 1 is 1.32 bits per heavy atom. The van der Waals surface area contributed by atoms with Gasteiger partial charge in [-0.2, -0.15) is 0 Å². The van der Waals surface area contributed by atoms with Gasteiger partial charge in [0.1, 0.15) is 0 Å². The molecule has 0 spiro atoms. The highest BCUT2D eigenvalue weighted by atomic mass is 16.2. The number of nitrogens with one attached hydrogen (secondary N) is 1. The number of hydrogen-bond acceptors (Lipinski definition) is 3. The van der Waals surface area contributed by atoms with E-state index >= 15 is 0 Å². The fourth-order valence-electron chi connectivity index (χ4n) is 2.68. The molecule has 2 amide bonds. The largest absolute Gasteiger partial charge is 0.337 e. The van der Waals surface area contributed by atoms with Crippen molar-refractivity contribution in [3.05, 3.63) is 35.4 Å². The van der Waals surface area contributed by atoms with Crippen molar-refractivity contribution in [1.82, 2.24) is 15.1 Å². The minimum Gasteiger partial charge on any atom is -0.337 e. The molecule has 1 heterocycles. The standard InChI is InChI=1S/C17H25N3O2/c1-4-14-5-7-15(8-6-14)16-11-18-9-10-20(16)17(22)12-19(3)13(2)21/h5-8,16,18H,4,9-12H2,1-3H3. The van der Waals surface area contributed by atoms with Crippen LogP contribution in [0.4, 0.5) is 0 Å². The second-order valence-corrected chi connectivity index (χ2v) is 5.78. The highest BCUT2D eigenvalue weighted by Crippen LogP contribution is 2.23. The van der Waals surface area contributed by atoms with E-state index < -0.39 is 0 Å². The Hall–Kier alpha value is -1.88. The number of benzene rings is 1. The molecular weight excluding hydrogens is 278 g/mol. The van der Waals surface area contributed by atoms with E-state index in [0.717, 1.165) is 25.1 Å². The maximum Gasteiger partial charge on any atom is 0.242 e. The van der Waals surface area contributed by atoms with Gasteiger partial charge in [0.15, 0.2) is 0 Å². The lowest BCUT2D eigenvalue weighted by Crippen LogP contribution is -2.51. The Morgan fingerprint density at radius 2 is 2.00 bits per heavy atom. The van der Waals surface area contributed by atoms with Crippen LogP contribution in [0.2, 0.25) is 0 Å². The van der Waals surface area contributed by atoms with Gasteiger partial charge in [0.25, 0.3) is 0 Å². The number of rotatable bonds is 4. The molecule has 0 bridgehead atoms. The summed E-state index contributed by atoms with van der Waals surface area (Å²) in [7, 11) is 1.66. The van der Waals surface area contributed by atoms with Crippen LogP contribution in [-0.4, -0.2) is 54.8 Å². The SMILES string of the molecule is CCc1ccc(C2CNCCN2C(=O)CN(C)C(C)=O)cc1. The second kappa shape index (κ2) is 7.40. The van der Waals surface area contributed by atoms with Gasteiger partial charge in [-0.3, -0.25) is 9.59 Å². The predicted molar refractivity (Wildman–Crippen MR) is 86.5 cm³/mol. The zero-order valence-electron chi connectivity index (χ0n) is 13.6. The molecule has 120 valence electrons. The average molecular weight is 303 g/mol. The first-order valence-corrected chi connectivity index (χ1v) is 7.83. The highest BCUT2D eigenvalue weighted by Gasteiger charge is 2.28. The number of likely N-dealkylation sites (N-methyl/N-ethyl adjacent to an activating group) is 1. The van der Waals surface area contributed by atoms with Crippen molar-refractivity contribution in [2.45, 2.75) is 26.3 Å². The zero-order valence-corrected chi connectivity index (χ0v) is 13.6. The van der Waals surface area contributed by atoms with Gasteiger partial charge in [-0.25, -0.2) is 0 Å². The van der Waals surface area contributed by atoms with E-state index in [0.29, 0.717) is 6.54 Å². The van der Waals surface area contributed by atoms with E-state index in [4.69, 9.17) is 0 Å². The third kappa shape index (κ3) is 3.85. The van der Waals surface area contributed by atoms with E-state index in [9.17, 15) is 9.59 Å². The second-order valence-electron chi connectivity index (χ2n) is 5.78. The van der Waals surface area contributed by atoms with Crippen LogP contribution in [0.15, 0.2) is 24.3 Å². The van der Waals surface area contributed by atoms with Crippen LogP contribution in [0, 0.1) is 0 Å². The number of amides is 2. The molecule has 0 saturated carbocycles. The molecule has 5 nitrogen and oxygen atoms in total. The molecule has 0 aromatic heterocycles. The van der Waals surface area contributed by atoms with Gasteiger partial charge in [0.05, 0.1) is 12.6 Å². The van der Waals surface area contributed by atoms with Gasteiger partial charge in [0.2, 0.25) is 11.8 Å². The molecule has 1 aromatic rings. The summed E-state index contributed by atoms with van der Waals surface area (Å²) in [5, 5.41) is 3.35. The summed E-state index contributed by atoms with van der Waals surface area (Å²) >= 11 is 0. The summed E-state index contributed by atoms with van der Waals surface area (Å²) in [6.07, 6.45) is 1.01. The first-order chi connectivity index (χ1) is 10.5. The molecule has 5 heteroatoms. The Balaban J connectivity index is 2.13. The van der Waals surface area contributed by atoms with Crippen molar-refractivity contribution < 1.29 is 9.59 Å². The number of nitrogens with zero attached hydrogens (tertiary/aromatic N) is 2. The number of carbonyl (C=O) groups excluding carboxylic acids is 2. The summed E-state index contributed by atoms with van der Waals surface area (Å²) < 4.78 is 0. The van der Waals surface area contributed by atoms with Gasteiger partial charge in [-0.15, -0.1) is 0 Å². The molecule has 1 fully saturated rings. The maximum atomic E-state index is 12.5. The molecule has 1 unspecified atom stereocenters. The van der Waals surface area contributed by atoms with Crippen LogP contribution in [-0.2, 0) is 16.0 Å². The summed E-state index contributed by atoms with van der Waals surface area (Å²) in [4.78, 5) is 27.2. The Labute approximate surface area is 132 Å². The van der Waals surface area contributed by atoms with Crippen LogP contribution in [0.3, 0.4) is 0 Å². The molecule has 1 atom stereocenters. The van der Waals surface area contributed by atoms with Crippen LogP contribution < -0.4 is 5.32 Å². The van der Waals surface area contributed by atoms with Crippen molar-refractivity contribution in [2.24, 2.45) is 0 Å². The molecule has 22 heavy (non-hydrogen) atoms. The third-order valence-corrected chi connectivity index (χ3v) is 4.25. The van der Waals surface area contributed by atoms with Crippen molar-refractivity contribution in [3.63, 3.8) is 0 Å².